The average molecular weight is 354 g/mol. The summed E-state index contributed by atoms with van der Waals surface area (Å²) in [7, 11) is 0. The normalized spacial score (nSPS) is 16.7. The number of rotatable bonds is 3. The Bertz CT molecular complexity index is 1020. The van der Waals surface area contributed by atoms with Gasteiger partial charge in [-0.1, -0.05) is 12.1 Å². The molecule has 1 aliphatic rings. The van der Waals surface area contributed by atoms with Crippen LogP contribution in [0.4, 0.5) is 4.39 Å². The zero-order chi connectivity index (χ0) is 18.1. The van der Waals surface area contributed by atoms with Crippen molar-refractivity contribution in [2.75, 3.05) is 6.54 Å². The van der Waals surface area contributed by atoms with E-state index in [0.29, 0.717) is 27.8 Å². The molecule has 0 unspecified atom stereocenters. The van der Waals surface area contributed by atoms with E-state index >= 15 is 0 Å². The summed E-state index contributed by atoms with van der Waals surface area (Å²) in [5.41, 5.74) is 1.04. The van der Waals surface area contributed by atoms with Gasteiger partial charge in [-0.05, 0) is 29.8 Å². The Morgan fingerprint density at radius 2 is 2.00 bits per heavy atom. The van der Waals surface area contributed by atoms with E-state index in [1.807, 2.05) is 5.32 Å². The van der Waals surface area contributed by atoms with Crippen molar-refractivity contribution in [3.63, 3.8) is 0 Å². The van der Waals surface area contributed by atoms with Crippen LogP contribution in [0.15, 0.2) is 57.9 Å². The quantitative estimate of drug-likeness (QED) is 0.578. The molecule has 5 nitrogen and oxygen atoms in total. The van der Waals surface area contributed by atoms with Crippen molar-refractivity contribution in [3.05, 3.63) is 64.8 Å². The maximum atomic E-state index is 13.1. The van der Waals surface area contributed by atoms with Crippen LogP contribution in [0.25, 0.3) is 22.1 Å². The molecular weight excluding hydrogens is 337 g/mol. The Morgan fingerprint density at radius 3 is 2.73 bits per heavy atom. The fraction of sp³-hybridized carbons (Fsp3) is 0.200. The van der Waals surface area contributed by atoms with Gasteiger partial charge in [-0.15, -0.1) is 0 Å². The van der Waals surface area contributed by atoms with Gasteiger partial charge in [-0.2, -0.15) is 0 Å². The van der Waals surface area contributed by atoms with E-state index in [4.69, 9.17) is 9.15 Å². The minimum atomic E-state index is -0.370. The second-order valence-corrected chi connectivity index (χ2v) is 6.34. The molecule has 0 radical (unpaired) electrons. The van der Waals surface area contributed by atoms with Crippen LogP contribution in [0.2, 0.25) is 0 Å². The van der Waals surface area contributed by atoms with Crippen molar-refractivity contribution < 1.29 is 23.7 Å². The molecule has 0 bridgehead atoms. The van der Waals surface area contributed by atoms with E-state index in [-0.39, 0.29) is 23.3 Å². The number of carbonyl (C=O) groups excluding carboxylic acids is 1. The van der Waals surface area contributed by atoms with E-state index in [0.717, 1.165) is 19.4 Å². The Balaban J connectivity index is 1.65. The molecule has 0 saturated carbocycles. The van der Waals surface area contributed by atoms with Crippen LogP contribution in [-0.2, 0) is 4.79 Å². The lowest BCUT2D eigenvalue weighted by molar-refractivity contribution is -0.658. The van der Waals surface area contributed by atoms with Crippen molar-refractivity contribution in [1.82, 2.24) is 0 Å². The van der Waals surface area contributed by atoms with Crippen LogP contribution in [0.1, 0.15) is 12.8 Å². The van der Waals surface area contributed by atoms with Gasteiger partial charge in [0, 0.05) is 18.9 Å². The number of halogens is 1. The summed E-state index contributed by atoms with van der Waals surface area (Å²) < 4.78 is 24.0. The second-order valence-electron chi connectivity index (χ2n) is 6.34. The number of hydrogen-bond acceptors (Lipinski definition) is 4. The summed E-state index contributed by atoms with van der Waals surface area (Å²) in [6.45, 7) is 0.929. The van der Waals surface area contributed by atoms with E-state index < -0.39 is 0 Å². The van der Waals surface area contributed by atoms with Crippen LogP contribution < -0.4 is 15.5 Å². The predicted molar refractivity (Wildman–Crippen MR) is 93.3 cm³/mol. The summed E-state index contributed by atoms with van der Waals surface area (Å²) in [6.07, 6.45) is 3.15. The van der Waals surface area contributed by atoms with Crippen LogP contribution >= 0.6 is 0 Å². The Kier molecular flexibility index (Phi) is 4.26. The number of ether oxygens (including phenoxy) is 1. The molecule has 6 heteroatoms. The first kappa shape index (κ1) is 16.5. The van der Waals surface area contributed by atoms with Gasteiger partial charge < -0.3 is 14.5 Å². The van der Waals surface area contributed by atoms with Gasteiger partial charge in [-0.25, -0.2) is 9.18 Å². The number of esters is 1. The van der Waals surface area contributed by atoms with E-state index in [1.54, 1.807) is 12.1 Å². The van der Waals surface area contributed by atoms with Gasteiger partial charge in [0.05, 0.1) is 17.5 Å². The average Bonchev–Trinajstić information content (AvgIpc) is 3.18. The summed E-state index contributed by atoms with van der Waals surface area (Å²) in [4.78, 5) is 24.8. The number of carbonyl (C=O) groups is 1. The molecule has 1 saturated heterocycles. The molecule has 4 rings (SSSR count). The molecule has 132 valence electrons. The Hall–Kier alpha value is -2.99. The third kappa shape index (κ3) is 3.11. The van der Waals surface area contributed by atoms with E-state index in [2.05, 4.69) is 0 Å². The summed E-state index contributed by atoms with van der Waals surface area (Å²) >= 11 is 0. The predicted octanol–water partition coefficient (Wildman–Crippen LogP) is 2.23. The minimum Gasteiger partial charge on any atom is -0.463 e. The molecule has 2 N–H and O–H groups in total. The van der Waals surface area contributed by atoms with Gasteiger partial charge in [0.2, 0.25) is 0 Å². The standard InChI is InChI=1S/C20H16FNO4/c21-13-5-3-12(4-6-13)16-11-25-18-10-14(7-8-15(18)19(16)23)26-20(24)17-2-1-9-22-17/h3-8,10-11,17,22H,1-2,9H2/p+1/t17-/m1/s1. The molecule has 26 heavy (non-hydrogen) atoms. The lowest BCUT2D eigenvalue weighted by Gasteiger charge is -2.08. The molecule has 1 fully saturated rings. The summed E-state index contributed by atoms with van der Waals surface area (Å²) in [6, 6.07) is 10.2. The number of quaternary nitrogens is 1. The Labute approximate surface area is 148 Å². The highest BCUT2D eigenvalue weighted by molar-refractivity contribution is 5.84. The molecule has 0 spiro atoms. The molecule has 0 aliphatic carbocycles. The van der Waals surface area contributed by atoms with Crippen LogP contribution in [0.3, 0.4) is 0 Å². The van der Waals surface area contributed by atoms with Crippen molar-refractivity contribution in [2.45, 2.75) is 18.9 Å². The molecule has 1 atom stereocenters. The molecule has 3 aromatic rings. The number of benzene rings is 2. The number of fused-ring (bicyclic) bond motifs is 1. The first-order valence-electron chi connectivity index (χ1n) is 8.48. The molecule has 0 amide bonds. The monoisotopic (exact) mass is 354 g/mol. The van der Waals surface area contributed by atoms with Crippen LogP contribution in [0, 0.1) is 5.82 Å². The number of hydrogen-bond donors (Lipinski definition) is 1. The zero-order valence-electron chi connectivity index (χ0n) is 13.9. The van der Waals surface area contributed by atoms with Gasteiger partial charge in [0.1, 0.15) is 23.4 Å². The highest BCUT2D eigenvalue weighted by Gasteiger charge is 2.28. The lowest BCUT2D eigenvalue weighted by Crippen LogP contribution is -2.88. The summed E-state index contributed by atoms with van der Waals surface area (Å²) in [5, 5.41) is 2.34. The summed E-state index contributed by atoms with van der Waals surface area (Å²) in [5.74, 6) is -0.308. The second kappa shape index (κ2) is 6.72. The van der Waals surface area contributed by atoms with Crippen LogP contribution in [0.5, 0.6) is 5.75 Å². The van der Waals surface area contributed by atoms with Gasteiger partial charge in [0.15, 0.2) is 11.5 Å². The van der Waals surface area contributed by atoms with E-state index in [1.165, 1.54) is 36.6 Å². The molecule has 1 aromatic heterocycles. The fourth-order valence-corrected chi connectivity index (χ4v) is 3.18. The maximum absolute atomic E-state index is 13.1. The highest BCUT2D eigenvalue weighted by Crippen LogP contribution is 2.23. The van der Waals surface area contributed by atoms with Crippen molar-refractivity contribution in [3.8, 4) is 16.9 Å². The lowest BCUT2D eigenvalue weighted by atomic mass is 10.1. The van der Waals surface area contributed by atoms with Gasteiger partial charge in [0.25, 0.3) is 0 Å². The molecular formula is C20H17FNO4+. The van der Waals surface area contributed by atoms with Gasteiger partial charge >= 0.3 is 5.97 Å². The van der Waals surface area contributed by atoms with Crippen molar-refractivity contribution in [2.24, 2.45) is 0 Å². The maximum Gasteiger partial charge on any atom is 0.370 e. The molecule has 2 heterocycles. The topological polar surface area (TPSA) is 73.1 Å². The van der Waals surface area contributed by atoms with Crippen molar-refractivity contribution in [1.29, 1.82) is 0 Å². The first-order valence-corrected chi connectivity index (χ1v) is 8.48. The highest BCUT2D eigenvalue weighted by atomic mass is 19.1. The minimum absolute atomic E-state index is 0.168. The largest absolute Gasteiger partial charge is 0.463 e. The van der Waals surface area contributed by atoms with E-state index in [9.17, 15) is 14.0 Å². The van der Waals surface area contributed by atoms with Crippen LogP contribution in [-0.4, -0.2) is 18.6 Å². The molecule has 2 aromatic carbocycles. The fourth-order valence-electron chi connectivity index (χ4n) is 3.18. The molecule has 1 aliphatic heterocycles. The first-order chi connectivity index (χ1) is 12.6. The SMILES string of the molecule is O=C(Oc1ccc2c(=O)c(-c3ccc(F)cc3)coc2c1)[C@H]1CCC[NH2+]1. The Morgan fingerprint density at radius 1 is 1.19 bits per heavy atom. The van der Waals surface area contributed by atoms with Gasteiger partial charge in [-0.3, -0.25) is 4.79 Å². The smallest absolute Gasteiger partial charge is 0.370 e. The van der Waals surface area contributed by atoms with Crippen molar-refractivity contribution >= 4 is 16.9 Å². The third-order valence-corrected chi connectivity index (χ3v) is 4.59. The third-order valence-electron chi connectivity index (χ3n) is 4.59. The number of nitrogens with two attached hydrogens (primary N) is 1. The zero-order valence-corrected chi connectivity index (χ0v) is 13.9.